The van der Waals surface area contributed by atoms with Crippen molar-refractivity contribution in [3.63, 3.8) is 0 Å². The predicted octanol–water partition coefficient (Wildman–Crippen LogP) is 2.37. The van der Waals surface area contributed by atoms with E-state index in [1.54, 1.807) is 6.07 Å². The molecular weight excluding hydrogens is 272 g/mol. The van der Waals surface area contributed by atoms with Gasteiger partial charge in [0.05, 0.1) is 6.42 Å². The van der Waals surface area contributed by atoms with E-state index in [2.05, 4.69) is 10.9 Å². The summed E-state index contributed by atoms with van der Waals surface area (Å²) < 4.78 is 0. The number of carbonyl (C=O) groups excluding carboxylic acids is 2. The Hall–Kier alpha value is -2.14. The van der Waals surface area contributed by atoms with Gasteiger partial charge in [-0.3, -0.25) is 20.4 Å². The normalized spacial score (nSPS) is 10.1. The molecule has 0 aliphatic heterocycles. The van der Waals surface area contributed by atoms with E-state index in [1.165, 1.54) is 11.3 Å². The summed E-state index contributed by atoms with van der Waals surface area (Å²) in [6.45, 7) is 3.84. The molecule has 0 saturated carbocycles. The van der Waals surface area contributed by atoms with Crippen molar-refractivity contribution in [2.45, 2.75) is 20.3 Å². The minimum absolute atomic E-state index is 0.235. The van der Waals surface area contributed by atoms with Crippen molar-refractivity contribution in [3.8, 4) is 0 Å². The summed E-state index contributed by atoms with van der Waals surface area (Å²) in [5, 5.41) is 3.82. The summed E-state index contributed by atoms with van der Waals surface area (Å²) in [6.07, 6.45) is 0.261. The van der Waals surface area contributed by atoms with Gasteiger partial charge in [-0.25, -0.2) is 0 Å². The molecule has 0 fully saturated rings. The molecule has 2 rings (SSSR count). The zero-order valence-electron chi connectivity index (χ0n) is 11.4. The summed E-state index contributed by atoms with van der Waals surface area (Å²) in [4.78, 5) is 23.6. The Morgan fingerprint density at radius 2 is 1.95 bits per heavy atom. The van der Waals surface area contributed by atoms with Crippen LogP contribution in [-0.4, -0.2) is 11.8 Å². The zero-order chi connectivity index (χ0) is 14.5. The predicted molar refractivity (Wildman–Crippen MR) is 79.5 cm³/mol. The van der Waals surface area contributed by atoms with Gasteiger partial charge < -0.3 is 0 Å². The molecule has 2 amide bonds. The molecule has 0 aliphatic rings. The second-order valence-corrected chi connectivity index (χ2v) is 5.41. The third kappa shape index (κ3) is 3.68. The van der Waals surface area contributed by atoms with E-state index in [-0.39, 0.29) is 18.2 Å². The summed E-state index contributed by atoms with van der Waals surface area (Å²) in [6, 6.07) is 7.44. The van der Waals surface area contributed by atoms with Crippen molar-refractivity contribution in [1.82, 2.24) is 10.9 Å². The lowest BCUT2D eigenvalue weighted by Crippen LogP contribution is -2.42. The first-order chi connectivity index (χ1) is 9.56. The largest absolute Gasteiger partial charge is 0.273 e. The molecule has 2 N–H and O–H groups in total. The van der Waals surface area contributed by atoms with E-state index in [9.17, 15) is 9.59 Å². The van der Waals surface area contributed by atoms with Gasteiger partial charge in [0.15, 0.2) is 0 Å². The van der Waals surface area contributed by atoms with Crippen molar-refractivity contribution in [3.05, 3.63) is 57.3 Å². The highest BCUT2D eigenvalue weighted by Crippen LogP contribution is 2.10. The number of carbonyl (C=O) groups is 2. The molecule has 0 aliphatic carbocycles. The van der Waals surface area contributed by atoms with Gasteiger partial charge in [-0.1, -0.05) is 17.7 Å². The minimum Gasteiger partial charge on any atom is -0.273 e. The molecule has 2 aromatic rings. The number of nitrogens with one attached hydrogen (secondary N) is 2. The van der Waals surface area contributed by atoms with Gasteiger partial charge >= 0.3 is 0 Å². The molecule has 5 heteroatoms. The highest BCUT2D eigenvalue weighted by molar-refractivity contribution is 7.07. The van der Waals surface area contributed by atoms with Gasteiger partial charge in [0.1, 0.15) is 0 Å². The Kier molecular flexibility index (Phi) is 4.53. The van der Waals surface area contributed by atoms with E-state index in [0.717, 1.165) is 16.7 Å². The first-order valence-corrected chi connectivity index (χ1v) is 7.18. The summed E-state index contributed by atoms with van der Waals surface area (Å²) in [5.74, 6) is -0.539. The van der Waals surface area contributed by atoms with Crippen LogP contribution in [0.25, 0.3) is 0 Å². The number of benzene rings is 1. The number of thiophene rings is 1. The number of hydrazine groups is 1. The van der Waals surface area contributed by atoms with Gasteiger partial charge in [0.2, 0.25) is 5.91 Å². The van der Waals surface area contributed by atoms with Gasteiger partial charge in [0, 0.05) is 5.56 Å². The fraction of sp³-hybridized carbons (Fsp3) is 0.200. The van der Waals surface area contributed by atoms with Crippen LogP contribution in [0, 0.1) is 13.8 Å². The van der Waals surface area contributed by atoms with Gasteiger partial charge in [-0.2, -0.15) is 11.3 Å². The van der Waals surface area contributed by atoms with Crippen LogP contribution in [0.2, 0.25) is 0 Å². The second-order valence-electron chi connectivity index (χ2n) is 4.63. The molecule has 1 heterocycles. The highest BCUT2D eigenvalue weighted by atomic mass is 32.1. The maximum atomic E-state index is 12.0. The fourth-order valence-corrected chi connectivity index (χ4v) is 2.55. The monoisotopic (exact) mass is 288 g/mol. The van der Waals surface area contributed by atoms with Crippen LogP contribution >= 0.6 is 11.3 Å². The minimum atomic E-state index is -0.304. The average molecular weight is 288 g/mol. The van der Waals surface area contributed by atoms with Crippen molar-refractivity contribution in [2.24, 2.45) is 0 Å². The molecule has 104 valence electrons. The molecule has 0 saturated heterocycles. The third-order valence-corrected chi connectivity index (χ3v) is 3.62. The lowest BCUT2D eigenvalue weighted by molar-refractivity contribution is -0.121. The smallest absolute Gasteiger partial charge is 0.269 e. The Balaban J connectivity index is 1.90. The van der Waals surface area contributed by atoms with Crippen molar-refractivity contribution in [1.29, 1.82) is 0 Å². The maximum absolute atomic E-state index is 12.0. The fourth-order valence-electron chi connectivity index (χ4n) is 1.88. The van der Waals surface area contributed by atoms with Crippen LogP contribution in [0.5, 0.6) is 0 Å². The number of hydrogen-bond donors (Lipinski definition) is 2. The van der Waals surface area contributed by atoms with E-state index >= 15 is 0 Å². The van der Waals surface area contributed by atoms with E-state index in [1.807, 2.05) is 42.8 Å². The molecule has 4 nitrogen and oxygen atoms in total. The molecule has 1 aromatic heterocycles. The van der Waals surface area contributed by atoms with Gasteiger partial charge in [-0.05, 0) is 47.9 Å². The van der Waals surface area contributed by atoms with E-state index < -0.39 is 0 Å². The van der Waals surface area contributed by atoms with E-state index in [4.69, 9.17) is 0 Å². The summed E-state index contributed by atoms with van der Waals surface area (Å²) in [7, 11) is 0. The van der Waals surface area contributed by atoms with Crippen LogP contribution < -0.4 is 10.9 Å². The zero-order valence-corrected chi connectivity index (χ0v) is 12.2. The standard InChI is InChI=1S/C15H16N2O2S/c1-10-3-4-13(11(2)7-10)15(19)17-16-14(18)8-12-5-6-20-9-12/h3-7,9H,8H2,1-2H3,(H,16,18)(H,17,19). The number of aryl methyl sites for hydroxylation is 2. The Bertz CT molecular complexity index is 621. The van der Waals surface area contributed by atoms with E-state index in [0.29, 0.717) is 5.56 Å². The molecule has 0 bridgehead atoms. The topological polar surface area (TPSA) is 58.2 Å². The number of hydrogen-bond acceptors (Lipinski definition) is 3. The molecule has 20 heavy (non-hydrogen) atoms. The Morgan fingerprint density at radius 1 is 1.15 bits per heavy atom. The first kappa shape index (κ1) is 14.3. The highest BCUT2D eigenvalue weighted by Gasteiger charge is 2.10. The molecule has 0 atom stereocenters. The Morgan fingerprint density at radius 3 is 2.60 bits per heavy atom. The van der Waals surface area contributed by atoms with Crippen LogP contribution in [-0.2, 0) is 11.2 Å². The quantitative estimate of drug-likeness (QED) is 0.852. The Labute approximate surface area is 121 Å². The lowest BCUT2D eigenvalue weighted by Gasteiger charge is -2.09. The molecule has 1 aromatic carbocycles. The third-order valence-electron chi connectivity index (χ3n) is 2.89. The van der Waals surface area contributed by atoms with Crippen LogP contribution in [0.4, 0.5) is 0 Å². The first-order valence-electron chi connectivity index (χ1n) is 6.24. The molecule has 0 radical (unpaired) electrons. The van der Waals surface area contributed by atoms with Crippen molar-refractivity contribution in [2.75, 3.05) is 0 Å². The maximum Gasteiger partial charge on any atom is 0.269 e. The van der Waals surface area contributed by atoms with Crippen LogP contribution in [0.15, 0.2) is 35.0 Å². The molecule has 0 spiro atoms. The van der Waals surface area contributed by atoms with Crippen molar-refractivity contribution < 1.29 is 9.59 Å². The summed E-state index contributed by atoms with van der Waals surface area (Å²) >= 11 is 1.54. The lowest BCUT2D eigenvalue weighted by atomic mass is 10.1. The molecule has 0 unspecified atom stereocenters. The van der Waals surface area contributed by atoms with Crippen LogP contribution in [0.1, 0.15) is 27.0 Å². The SMILES string of the molecule is Cc1ccc(C(=O)NNC(=O)Cc2ccsc2)c(C)c1. The average Bonchev–Trinajstić information content (AvgIpc) is 2.89. The van der Waals surface area contributed by atoms with Crippen molar-refractivity contribution >= 4 is 23.2 Å². The van der Waals surface area contributed by atoms with Gasteiger partial charge in [-0.15, -0.1) is 0 Å². The van der Waals surface area contributed by atoms with Gasteiger partial charge in [0.25, 0.3) is 5.91 Å². The number of rotatable bonds is 3. The second kappa shape index (κ2) is 6.34. The molecular formula is C15H16N2O2S. The van der Waals surface area contributed by atoms with Crippen LogP contribution in [0.3, 0.4) is 0 Å². The summed E-state index contributed by atoms with van der Waals surface area (Å²) in [5.41, 5.74) is 8.34. The number of amides is 2.